The molecule has 3 aromatic rings. The van der Waals surface area contributed by atoms with Gasteiger partial charge in [-0.1, -0.05) is 23.7 Å². The Balaban J connectivity index is 1.42. The Bertz CT molecular complexity index is 1390. The van der Waals surface area contributed by atoms with Crippen LogP contribution in [0.3, 0.4) is 0 Å². The average Bonchev–Trinajstić information content (AvgIpc) is 3.24. The highest BCUT2D eigenvalue weighted by atomic mass is 35.5. The zero-order chi connectivity index (χ0) is 27.2. The van der Waals surface area contributed by atoms with E-state index in [1.807, 2.05) is 6.07 Å². The second-order valence-corrected chi connectivity index (χ2v) is 11.0. The lowest BCUT2D eigenvalue weighted by molar-refractivity contribution is -0.129. The van der Waals surface area contributed by atoms with Crippen molar-refractivity contribution >= 4 is 69.1 Å². The van der Waals surface area contributed by atoms with E-state index in [2.05, 4.69) is 10.6 Å². The highest BCUT2D eigenvalue weighted by Gasteiger charge is 2.30. The number of benzene rings is 2. The van der Waals surface area contributed by atoms with Crippen LogP contribution in [0.15, 0.2) is 53.4 Å². The molecule has 0 unspecified atom stereocenters. The van der Waals surface area contributed by atoms with Crippen LogP contribution >= 0.6 is 34.7 Å². The molecule has 0 aliphatic carbocycles. The van der Waals surface area contributed by atoms with Gasteiger partial charge in [-0.2, -0.15) is 0 Å². The van der Waals surface area contributed by atoms with E-state index in [1.54, 1.807) is 54.3 Å². The first kappa shape index (κ1) is 27.7. The molecule has 0 spiro atoms. The van der Waals surface area contributed by atoms with Crippen molar-refractivity contribution in [2.75, 3.05) is 29.5 Å². The number of nitrogens with one attached hydrogen (secondary N) is 2. The lowest BCUT2D eigenvalue weighted by Gasteiger charge is -2.25. The van der Waals surface area contributed by atoms with E-state index in [1.165, 1.54) is 30.0 Å². The minimum atomic E-state index is -0.479. The van der Waals surface area contributed by atoms with Crippen LogP contribution < -0.4 is 10.6 Å². The van der Waals surface area contributed by atoms with Crippen LogP contribution in [0.4, 0.5) is 10.7 Å². The van der Waals surface area contributed by atoms with Crippen LogP contribution in [0.25, 0.3) is 0 Å². The summed E-state index contributed by atoms with van der Waals surface area (Å²) in [6.07, 6.45) is 0.526. The minimum absolute atomic E-state index is 0.0327. The molecule has 0 bridgehead atoms. The molecule has 0 saturated carbocycles. The average molecular weight is 572 g/mol. The maximum Gasteiger partial charge on any atom is 0.341 e. The van der Waals surface area contributed by atoms with E-state index in [0.717, 1.165) is 15.3 Å². The van der Waals surface area contributed by atoms with Gasteiger partial charge in [0.05, 0.1) is 24.5 Å². The molecule has 1 aromatic heterocycles. The predicted molar refractivity (Wildman–Crippen MR) is 150 cm³/mol. The van der Waals surface area contributed by atoms with Crippen LogP contribution in [-0.2, 0) is 27.3 Å². The van der Waals surface area contributed by atoms with E-state index in [0.29, 0.717) is 46.3 Å². The van der Waals surface area contributed by atoms with Gasteiger partial charge >= 0.3 is 5.97 Å². The van der Waals surface area contributed by atoms with E-state index < -0.39 is 5.97 Å². The number of hydrogen-bond acceptors (Lipinski definition) is 7. The van der Waals surface area contributed by atoms with Crippen molar-refractivity contribution in [3.05, 3.63) is 75.1 Å². The van der Waals surface area contributed by atoms with Crippen molar-refractivity contribution in [2.45, 2.75) is 31.7 Å². The third-order valence-electron chi connectivity index (χ3n) is 5.78. The number of thiophene rings is 1. The molecule has 3 amide bonds. The van der Waals surface area contributed by atoms with Crippen LogP contribution in [0, 0.1) is 0 Å². The largest absolute Gasteiger partial charge is 0.462 e. The molecule has 1 aliphatic heterocycles. The molecule has 0 atom stereocenters. The number of ether oxygens (including phenoxy) is 1. The number of hydrogen-bond donors (Lipinski definition) is 2. The fourth-order valence-corrected chi connectivity index (χ4v) is 6.20. The zero-order valence-electron chi connectivity index (χ0n) is 20.8. The molecule has 4 rings (SSSR count). The minimum Gasteiger partial charge on any atom is -0.462 e. The molecule has 2 aromatic carbocycles. The van der Waals surface area contributed by atoms with Gasteiger partial charge in [0, 0.05) is 39.5 Å². The van der Waals surface area contributed by atoms with Gasteiger partial charge in [-0.25, -0.2) is 4.79 Å². The zero-order valence-corrected chi connectivity index (χ0v) is 23.2. The number of fused-ring (bicyclic) bond motifs is 1. The summed E-state index contributed by atoms with van der Waals surface area (Å²) < 4.78 is 5.25. The maximum atomic E-state index is 12.9. The number of thioether (sulfide) groups is 1. The molecule has 0 fully saturated rings. The van der Waals surface area contributed by atoms with Gasteiger partial charge in [0.2, 0.25) is 11.8 Å². The first-order valence-corrected chi connectivity index (χ1v) is 14.1. The normalized spacial score (nSPS) is 12.4. The summed E-state index contributed by atoms with van der Waals surface area (Å²) in [5, 5.41) is 6.61. The number of anilines is 2. The Hall–Kier alpha value is -3.34. The summed E-state index contributed by atoms with van der Waals surface area (Å²) in [4.78, 5) is 53.3. The quantitative estimate of drug-likeness (QED) is 0.274. The highest BCUT2D eigenvalue weighted by molar-refractivity contribution is 8.00. The standard InChI is InChI=1S/C27H26ClN3O5S2/c1-3-36-27(35)24-21-10-11-31(16(2)32)14-22(21)38-26(24)30-23(33)15-37-20-9-5-8-19(13-20)29-25(34)17-6-4-7-18(28)12-17/h4-9,12-13H,3,10-11,14-15H2,1-2H3,(H,29,34)(H,30,33). The Morgan fingerprint density at radius 2 is 1.89 bits per heavy atom. The summed E-state index contributed by atoms with van der Waals surface area (Å²) in [5.41, 5.74) is 2.24. The van der Waals surface area contributed by atoms with Crippen LogP contribution in [0.5, 0.6) is 0 Å². The summed E-state index contributed by atoms with van der Waals surface area (Å²) >= 11 is 8.58. The van der Waals surface area contributed by atoms with Crippen molar-refractivity contribution < 1.29 is 23.9 Å². The fraction of sp³-hybridized carbons (Fsp3) is 0.259. The van der Waals surface area contributed by atoms with E-state index >= 15 is 0 Å². The lowest BCUT2D eigenvalue weighted by atomic mass is 10.0. The number of carbonyl (C=O) groups is 4. The van der Waals surface area contributed by atoms with Crippen molar-refractivity contribution in [3.63, 3.8) is 0 Å². The molecule has 0 saturated heterocycles. The number of rotatable bonds is 8. The van der Waals surface area contributed by atoms with Gasteiger partial charge < -0.3 is 20.3 Å². The summed E-state index contributed by atoms with van der Waals surface area (Å²) in [5.74, 6) is -0.988. The van der Waals surface area contributed by atoms with Gasteiger partial charge in [-0.05, 0) is 55.3 Å². The number of carbonyl (C=O) groups excluding carboxylic acids is 4. The Labute approximate surface area is 233 Å². The summed E-state index contributed by atoms with van der Waals surface area (Å²) in [6, 6.07) is 13.8. The topological polar surface area (TPSA) is 105 Å². The lowest BCUT2D eigenvalue weighted by Crippen LogP contribution is -2.34. The van der Waals surface area contributed by atoms with Gasteiger partial charge in [0.1, 0.15) is 5.00 Å². The molecule has 1 aliphatic rings. The third-order valence-corrected chi connectivity index (χ3v) is 8.14. The molecule has 2 heterocycles. The maximum absolute atomic E-state index is 12.9. The monoisotopic (exact) mass is 571 g/mol. The van der Waals surface area contributed by atoms with Crippen molar-refractivity contribution in [1.82, 2.24) is 4.90 Å². The molecular formula is C27H26ClN3O5S2. The Kier molecular flexibility index (Phi) is 9.09. The van der Waals surface area contributed by atoms with Gasteiger partial charge in [0.25, 0.3) is 5.91 Å². The number of halogens is 1. The van der Waals surface area contributed by atoms with E-state index in [4.69, 9.17) is 16.3 Å². The second kappa shape index (κ2) is 12.5. The molecule has 198 valence electrons. The second-order valence-electron chi connectivity index (χ2n) is 8.45. The van der Waals surface area contributed by atoms with Crippen molar-refractivity contribution in [2.24, 2.45) is 0 Å². The Morgan fingerprint density at radius 3 is 2.63 bits per heavy atom. The van der Waals surface area contributed by atoms with Gasteiger partial charge in [0.15, 0.2) is 0 Å². The SMILES string of the molecule is CCOC(=O)c1c(NC(=O)CSc2cccc(NC(=O)c3cccc(Cl)c3)c2)sc2c1CCN(C(C)=O)C2. The third kappa shape index (κ3) is 6.75. The highest BCUT2D eigenvalue weighted by Crippen LogP contribution is 2.38. The smallest absolute Gasteiger partial charge is 0.341 e. The van der Waals surface area contributed by atoms with Crippen LogP contribution in [0.2, 0.25) is 5.02 Å². The van der Waals surface area contributed by atoms with Gasteiger partial charge in [-0.3, -0.25) is 14.4 Å². The fourth-order valence-electron chi connectivity index (χ4n) is 3.99. The summed E-state index contributed by atoms with van der Waals surface area (Å²) in [6.45, 7) is 4.38. The number of esters is 1. The van der Waals surface area contributed by atoms with Crippen LogP contribution in [0.1, 0.15) is 45.0 Å². The molecule has 0 radical (unpaired) electrons. The number of nitrogens with zero attached hydrogens (tertiary/aromatic N) is 1. The van der Waals surface area contributed by atoms with Crippen LogP contribution in [-0.4, -0.2) is 47.5 Å². The van der Waals surface area contributed by atoms with E-state index in [9.17, 15) is 19.2 Å². The molecule has 11 heteroatoms. The predicted octanol–water partition coefficient (Wildman–Crippen LogP) is 5.47. The van der Waals surface area contributed by atoms with E-state index in [-0.39, 0.29) is 30.1 Å². The first-order chi connectivity index (χ1) is 18.2. The molecule has 38 heavy (non-hydrogen) atoms. The Morgan fingerprint density at radius 1 is 1.11 bits per heavy atom. The first-order valence-electron chi connectivity index (χ1n) is 11.9. The van der Waals surface area contributed by atoms with Crippen molar-refractivity contribution in [1.29, 1.82) is 0 Å². The van der Waals surface area contributed by atoms with Gasteiger partial charge in [-0.15, -0.1) is 23.1 Å². The molecule has 2 N–H and O–H groups in total. The van der Waals surface area contributed by atoms with Crippen molar-refractivity contribution in [3.8, 4) is 0 Å². The molecular weight excluding hydrogens is 546 g/mol. The molecule has 8 nitrogen and oxygen atoms in total. The number of amides is 3. The summed E-state index contributed by atoms with van der Waals surface area (Å²) in [7, 11) is 0.